The highest BCUT2D eigenvalue weighted by molar-refractivity contribution is 6.35. The van der Waals surface area contributed by atoms with Gasteiger partial charge in [-0.05, 0) is 60.0 Å². The lowest BCUT2D eigenvalue weighted by Crippen LogP contribution is -2.36. The van der Waals surface area contributed by atoms with E-state index in [4.69, 9.17) is 37.8 Å². The zero-order chi connectivity index (χ0) is 29.1. The van der Waals surface area contributed by atoms with E-state index in [2.05, 4.69) is 5.32 Å². The second-order valence-corrected chi connectivity index (χ2v) is 10.4. The molecule has 0 unspecified atom stereocenters. The fourth-order valence-corrected chi connectivity index (χ4v) is 5.32. The monoisotopic (exact) mass is 590 g/mol. The fraction of sp³-hybridized carbons (Fsp3) is 0.194. The average Bonchev–Trinajstić information content (AvgIpc) is 3.37. The lowest BCUT2D eigenvalue weighted by atomic mass is 9.97. The number of hydrogen-bond acceptors (Lipinski definition) is 5. The first-order valence-electron chi connectivity index (χ1n) is 12.9. The van der Waals surface area contributed by atoms with Crippen LogP contribution in [0.15, 0.2) is 72.8 Å². The fourth-order valence-electron chi connectivity index (χ4n) is 4.83. The van der Waals surface area contributed by atoms with E-state index in [-0.39, 0.29) is 30.7 Å². The number of ether oxygens (including phenoxy) is 2. The minimum Gasteiger partial charge on any atom is -0.497 e. The van der Waals surface area contributed by atoms with Gasteiger partial charge in [0.2, 0.25) is 0 Å². The van der Waals surface area contributed by atoms with Crippen LogP contribution in [-0.2, 0) is 11.3 Å². The van der Waals surface area contributed by atoms with E-state index < -0.39 is 6.09 Å². The largest absolute Gasteiger partial charge is 0.497 e. The lowest BCUT2D eigenvalue weighted by Gasteiger charge is -2.29. The number of rotatable bonds is 6. The highest BCUT2D eigenvalue weighted by Crippen LogP contribution is 2.36. The molecular formula is C31H28Cl2N4O4. The van der Waals surface area contributed by atoms with Crippen molar-refractivity contribution in [1.82, 2.24) is 20.0 Å². The maximum absolute atomic E-state index is 13.8. The molecule has 0 spiro atoms. The van der Waals surface area contributed by atoms with Gasteiger partial charge in [-0.25, -0.2) is 9.48 Å². The average molecular weight is 591 g/mol. The number of hydrogen-bond donors (Lipinski definition) is 1. The van der Waals surface area contributed by atoms with E-state index in [9.17, 15) is 9.59 Å². The van der Waals surface area contributed by atoms with E-state index in [1.54, 1.807) is 30.0 Å². The molecule has 0 fully saturated rings. The molecule has 2 heterocycles. The summed E-state index contributed by atoms with van der Waals surface area (Å²) in [6, 6.07) is 22.0. The summed E-state index contributed by atoms with van der Waals surface area (Å²) in [5.74, 6) is 0.342. The van der Waals surface area contributed by atoms with Gasteiger partial charge < -0.3 is 14.8 Å². The molecule has 4 aromatic rings. The number of methoxy groups -OCH3 is 2. The van der Waals surface area contributed by atoms with Gasteiger partial charge in [0.15, 0.2) is 5.69 Å². The molecule has 3 aromatic carbocycles. The van der Waals surface area contributed by atoms with Gasteiger partial charge >= 0.3 is 6.09 Å². The molecule has 1 aromatic heterocycles. The molecule has 210 valence electrons. The number of nitrogens with zero attached hydrogens (tertiary/aromatic N) is 3. The number of carbonyl (C=O) groups is 2. The molecule has 0 radical (unpaired) electrons. The summed E-state index contributed by atoms with van der Waals surface area (Å²) < 4.78 is 12.0. The van der Waals surface area contributed by atoms with Gasteiger partial charge in [-0.2, -0.15) is 5.10 Å². The van der Waals surface area contributed by atoms with Crippen molar-refractivity contribution in [1.29, 1.82) is 0 Å². The second-order valence-electron chi connectivity index (χ2n) is 9.56. The zero-order valence-electron chi connectivity index (χ0n) is 22.7. The van der Waals surface area contributed by atoms with E-state index >= 15 is 0 Å². The van der Waals surface area contributed by atoms with Crippen molar-refractivity contribution in [2.24, 2.45) is 0 Å². The molecule has 1 aliphatic heterocycles. The molecule has 0 aliphatic carbocycles. The van der Waals surface area contributed by atoms with Crippen LogP contribution in [0.4, 0.5) is 4.79 Å². The predicted octanol–water partition coefficient (Wildman–Crippen LogP) is 6.80. The Morgan fingerprint density at radius 3 is 2.39 bits per heavy atom. The van der Waals surface area contributed by atoms with Crippen LogP contribution in [0, 0.1) is 0 Å². The molecule has 1 aliphatic rings. The van der Waals surface area contributed by atoms with Gasteiger partial charge in [-0.15, -0.1) is 0 Å². The topological polar surface area (TPSA) is 85.7 Å². The first-order chi connectivity index (χ1) is 19.8. The van der Waals surface area contributed by atoms with Gasteiger partial charge in [0.25, 0.3) is 5.91 Å². The minimum absolute atomic E-state index is 0.121. The summed E-state index contributed by atoms with van der Waals surface area (Å²) in [7, 11) is 2.94. The van der Waals surface area contributed by atoms with E-state index in [1.807, 2.05) is 67.6 Å². The summed E-state index contributed by atoms with van der Waals surface area (Å²) in [6.07, 6.45) is 1.43. The van der Waals surface area contributed by atoms with Crippen LogP contribution in [-0.4, -0.2) is 47.4 Å². The third-order valence-electron chi connectivity index (χ3n) is 6.89. The minimum atomic E-state index is -0.516. The Labute approximate surface area is 248 Å². The number of amides is 2. The Morgan fingerprint density at radius 1 is 1.00 bits per heavy atom. The first-order valence-corrected chi connectivity index (χ1v) is 13.7. The molecule has 0 saturated carbocycles. The number of benzene rings is 3. The molecular weight excluding hydrogens is 563 g/mol. The van der Waals surface area contributed by atoms with Crippen molar-refractivity contribution in [3.05, 3.63) is 111 Å². The van der Waals surface area contributed by atoms with Crippen molar-refractivity contribution in [2.75, 3.05) is 20.8 Å². The van der Waals surface area contributed by atoms with Crippen LogP contribution in [0.5, 0.6) is 5.75 Å². The maximum atomic E-state index is 13.8. The molecule has 10 heteroatoms. The third kappa shape index (κ3) is 5.94. The summed E-state index contributed by atoms with van der Waals surface area (Å²) in [4.78, 5) is 28.1. The highest BCUT2D eigenvalue weighted by Gasteiger charge is 2.34. The second kappa shape index (κ2) is 12.1. The lowest BCUT2D eigenvalue weighted by molar-refractivity contribution is 0.0930. The Bertz CT molecular complexity index is 1620. The van der Waals surface area contributed by atoms with Crippen LogP contribution in [0.3, 0.4) is 0 Å². The number of fused-ring (bicyclic) bond motifs is 1. The number of aromatic nitrogens is 2. The molecule has 5 rings (SSSR count). The summed E-state index contributed by atoms with van der Waals surface area (Å²) in [5, 5.41) is 8.66. The van der Waals surface area contributed by atoms with Crippen molar-refractivity contribution < 1.29 is 19.1 Å². The van der Waals surface area contributed by atoms with Gasteiger partial charge in [-0.1, -0.05) is 65.7 Å². The third-order valence-corrected chi connectivity index (χ3v) is 7.43. The first kappa shape index (κ1) is 28.3. The standard InChI is InChI=1S/C31H28Cl2N4O4/c1-19(21-7-5-4-6-8-21)34-30(38)28-25-18-36(31(39)41-3)17-22(15-20-9-12-24(40-2)13-10-20)29(25)37(35-28)27-14-11-23(32)16-26(27)33/h4-16,19H,17-18H2,1-3H3,(H,34,38)/b22-15+/t19-/m1/s1. The highest BCUT2D eigenvalue weighted by atomic mass is 35.5. The van der Waals surface area contributed by atoms with E-state index in [0.717, 1.165) is 22.4 Å². The number of carbonyl (C=O) groups excluding carboxylic acids is 2. The molecule has 0 bridgehead atoms. The normalized spacial score (nSPS) is 14.4. The quantitative estimate of drug-likeness (QED) is 0.267. The van der Waals surface area contributed by atoms with Gasteiger partial charge in [0, 0.05) is 10.6 Å². The van der Waals surface area contributed by atoms with Gasteiger partial charge in [0.1, 0.15) is 5.75 Å². The number of nitrogens with one attached hydrogen (secondary N) is 1. The Balaban J connectivity index is 1.67. The molecule has 1 atom stereocenters. The SMILES string of the molecule is COC(=O)N1C/C(=C\c2ccc(OC)cc2)c2c(c(C(=O)N[C@H](C)c3ccccc3)nn2-c2ccc(Cl)cc2Cl)C1. The van der Waals surface area contributed by atoms with Gasteiger partial charge in [-0.3, -0.25) is 9.69 Å². The van der Waals surface area contributed by atoms with E-state index in [0.29, 0.717) is 27.0 Å². The van der Waals surface area contributed by atoms with Crippen LogP contribution in [0.1, 0.15) is 45.8 Å². The van der Waals surface area contributed by atoms with Crippen LogP contribution >= 0.6 is 23.2 Å². The van der Waals surface area contributed by atoms with Crippen molar-refractivity contribution >= 4 is 46.9 Å². The predicted molar refractivity (Wildman–Crippen MR) is 160 cm³/mol. The Kier molecular flexibility index (Phi) is 8.33. The van der Waals surface area contributed by atoms with Crippen LogP contribution < -0.4 is 10.1 Å². The Hall–Kier alpha value is -4.27. The summed E-state index contributed by atoms with van der Waals surface area (Å²) >= 11 is 12.8. The molecule has 0 saturated heterocycles. The van der Waals surface area contributed by atoms with Crippen LogP contribution in [0.2, 0.25) is 10.0 Å². The Morgan fingerprint density at radius 2 is 1.73 bits per heavy atom. The van der Waals surface area contributed by atoms with E-state index in [1.165, 1.54) is 12.0 Å². The molecule has 2 amide bonds. The van der Waals surface area contributed by atoms with Crippen molar-refractivity contribution in [2.45, 2.75) is 19.5 Å². The van der Waals surface area contributed by atoms with Crippen LogP contribution in [0.25, 0.3) is 17.3 Å². The summed E-state index contributed by atoms with van der Waals surface area (Å²) in [5.41, 5.74) is 4.55. The number of halogens is 2. The smallest absolute Gasteiger partial charge is 0.410 e. The molecule has 1 N–H and O–H groups in total. The molecule has 8 nitrogen and oxygen atoms in total. The van der Waals surface area contributed by atoms with Gasteiger partial charge in [0.05, 0.1) is 49.8 Å². The summed E-state index contributed by atoms with van der Waals surface area (Å²) in [6.45, 7) is 2.25. The zero-order valence-corrected chi connectivity index (χ0v) is 24.2. The van der Waals surface area contributed by atoms with Crippen molar-refractivity contribution in [3.8, 4) is 11.4 Å². The van der Waals surface area contributed by atoms with Crippen molar-refractivity contribution in [3.63, 3.8) is 0 Å². The maximum Gasteiger partial charge on any atom is 0.410 e. The molecule has 41 heavy (non-hydrogen) atoms.